The van der Waals surface area contributed by atoms with Crippen LogP contribution in [0.25, 0.3) is 5.69 Å². The fourth-order valence-electron chi connectivity index (χ4n) is 2.66. The van der Waals surface area contributed by atoms with Crippen LogP contribution in [0.2, 0.25) is 0 Å². The van der Waals surface area contributed by atoms with Crippen LogP contribution in [0.5, 0.6) is 0 Å². The summed E-state index contributed by atoms with van der Waals surface area (Å²) in [6, 6.07) is 18.5. The van der Waals surface area contributed by atoms with E-state index in [4.69, 9.17) is 12.2 Å². The van der Waals surface area contributed by atoms with Crippen molar-refractivity contribution in [3.8, 4) is 5.69 Å². The van der Waals surface area contributed by atoms with E-state index in [1.807, 2.05) is 24.3 Å². The van der Waals surface area contributed by atoms with Crippen molar-refractivity contribution in [2.24, 2.45) is 0 Å². The molecule has 0 aliphatic carbocycles. The third kappa shape index (κ3) is 3.31. The summed E-state index contributed by atoms with van der Waals surface area (Å²) in [6.07, 6.45) is 0. The zero-order valence-corrected chi connectivity index (χ0v) is 14.3. The zero-order chi connectivity index (χ0) is 17.1. The van der Waals surface area contributed by atoms with E-state index in [1.54, 1.807) is 18.2 Å². The first-order valence-electron chi connectivity index (χ1n) is 7.63. The van der Waals surface area contributed by atoms with Crippen LogP contribution in [0.3, 0.4) is 0 Å². The lowest BCUT2D eigenvalue weighted by atomic mass is 10.2. The predicted molar refractivity (Wildman–Crippen MR) is 101 cm³/mol. The van der Waals surface area contributed by atoms with Crippen LogP contribution < -0.4 is 10.6 Å². The highest BCUT2D eigenvalue weighted by Crippen LogP contribution is 2.24. The Balaban J connectivity index is 1.86. The molecule has 0 radical (unpaired) electrons. The normalized spacial score (nSPS) is 10.5. The smallest absolute Gasteiger partial charge is 0.175 e. The number of aromatic nitrogens is 1. The molecule has 5 heteroatoms. The minimum atomic E-state index is -0.341. The highest BCUT2D eigenvalue weighted by atomic mass is 32.1. The molecule has 0 spiro atoms. The number of hydrogen-bond acceptors (Lipinski definition) is 1. The molecule has 1 aromatic heterocycles. The van der Waals surface area contributed by atoms with Gasteiger partial charge < -0.3 is 15.2 Å². The number of halogens is 1. The Labute approximate surface area is 146 Å². The van der Waals surface area contributed by atoms with E-state index in [-0.39, 0.29) is 5.82 Å². The molecular formula is C19H18FN3S. The van der Waals surface area contributed by atoms with Crippen molar-refractivity contribution in [1.29, 1.82) is 0 Å². The van der Waals surface area contributed by atoms with Gasteiger partial charge in [-0.3, -0.25) is 0 Å². The first-order valence-corrected chi connectivity index (χ1v) is 8.04. The van der Waals surface area contributed by atoms with Gasteiger partial charge in [-0.15, -0.1) is 0 Å². The molecule has 0 aliphatic rings. The van der Waals surface area contributed by atoms with Crippen molar-refractivity contribution >= 4 is 28.7 Å². The Morgan fingerprint density at radius 1 is 0.833 bits per heavy atom. The molecule has 3 nitrogen and oxygen atoms in total. The van der Waals surface area contributed by atoms with E-state index in [0.717, 1.165) is 22.8 Å². The molecule has 2 aromatic carbocycles. The van der Waals surface area contributed by atoms with Gasteiger partial charge in [0.2, 0.25) is 0 Å². The van der Waals surface area contributed by atoms with Crippen LogP contribution in [0.1, 0.15) is 11.4 Å². The van der Waals surface area contributed by atoms with Crippen molar-refractivity contribution in [2.45, 2.75) is 13.8 Å². The van der Waals surface area contributed by atoms with Crippen molar-refractivity contribution in [3.05, 3.63) is 77.9 Å². The topological polar surface area (TPSA) is 29.0 Å². The van der Waals surface area contributed by atoms with Crippen LogP contribution in [0, 0.1) is 19.7 Å². The first-order chi connectivity index (χ1) is 11.6. The third-order valence-corrected chi connectivity index (χ3v) is 3.99. The summed E-state index contributed by atoms with van der Waals surface area (Å²) >= 11 is 5.33. The number of hydrogen-bond donors (Lipinski definition) is 2. The lowest BCUT2D eigenvalue weighted by Gasteiger charge is -2.17. The lowest BCUT2D eigenvalue weighted by Crippen LogP contribution is -2.21. The fourth-order valence-corrected chi connectivity index (χ4v) is 2.88. The van der Waals surface area contributed by atoms with E-state index in [9.17, 15) is 4.39 Å². The van der Waals surface area contributed by atoms with Gasteiger partial charge in [-0.05, 0) is 62.5 Å². The summed E-state index contributed by atoms with van der Waals surface area (Å²) in [6.45, 7) is 4.11. The molecular weight excluding hydrogens is 321 g/mol. The minimum absolute atomic E-state index is 0.341. The van der Waals surface area contributed by atoms with Gasteiger partial charge in [-0.1, -0.05) is 24.3 Å². The molecule has 0 saturated carbocycles. The Morgan fingerprint density at radius 3 is 2.04 bits per heavy atom. The molecule has 24 heavy (non-hydrogen) atoms. The SMILES string of the molecule is Cc1ccc(C)n1-c1ccccc1NC(=S)Nc1ccccc1F. The van der Waals surface area contributed by atoms with E-state index < -0.39 is 0 Å². The first kappa shape index (κ1) is 16.2. The molecule has 0 atom stereocenters. The molecule has 0 saturated heterocycles. The zero-order valence-electron chi connectivity index (χ0n) is 13.5. The number of anilines is 2. The van der Waals surface area contributed by atoms with Gasteiger partial charge in [0.1, 0.15) is 5.82 Å². The summed E-state index contributed by atoms with van der Waals surface area (Å²) in [5, 5.41) is 6.40. The fraction of sp³-hybridized carbons (Fsp3) is 0.105. The quantitative estimate of drug-likeness (QED) is 0.655. The number of aryl methyl sites for hydroxylation is 2. The summed E-state index contributed by atoms with van der Waals surface area (Å²) < 4.78 is 15.9. The highest BCUT2D eigenvalue weighted by Gasteiger charge is 2.10. The molecule has 122 valence electrons. The Hall–Kier alpha value is -2.66. The molecule has 0 aliphatic heterocycles. The molecule has 3 aromatic rings. The van der Waals surface area contributed by atoms with Crippen LogP contribution in [-0.2, 0) is 0 Å². The van der Waals surface area contributed by atoms with Crippen LogP contribution in [0.4, 0.5) is 15.8 Å². The number of thiocarbonyl (C=S) groups is 1. The van der Waals surface area contributed by atoms with E-state index in [2.05, 4.69) is 41.2 Å². The van der Waals surface area contributed by atoms with Gasteiger partial charge in [0.05, 0.1) is 17.1 Å². The van der Waals surface area contributed by atoms with Crippen LogP contribution in [-0.4, -0.2) is 9.68 Å². The molecule has 0 amide bonds. The molecule has 0 unspecified atom stereocenters. The maximum absolute atomic E-state index is 13.7. The van der Waals surface area contributed by atoms with Crippen LogP contribution >= 0.6 is 12.2 Å². The Morgan fingerprint density at radius 2 is 1.38 bits per heavy atom. The largest absolute Gasteiger partial charge is 0.331 e. The molecule has 2 N–H and O–H groups in total. The Bertz CT molecular complexity index is 866. The van der Waals surface area contributed by atoms with E-state index in [1.165, 1.54) is 6.07 Å². The van der Waals surface area contributed by atoms with Crippen molar-refractivity contribution in [2.75, 3.05) is 10.6 Å². The third-order valence-electron chi connectivity index (χ3n) is 3.79. The highest BCUT2D eigenvalue weighted by molar-refractivity contribution is 7.80. The summed E-state index contributed by atoms with van der Waals surface area (Å²) in [4.78, 5) is 0. The Kier molecular flexibility index (Phi) is 4.62. The van der Waals surface area contributed by atoms with E-state index >= 15 is 0 Å². The number of benzene rings is 2. The summed E-state index contributed by atoms with van der Waals surface area (Å²) in [5.41, 5.74) is 4.47. The van der Waals surface area contributed by atoms with Gasteiger partial charge in [-0.2, -0.15) is 0 Å². The lowest BCUT2D eigenvalue weighted by molar-refractivity contribution is 0.632. The molecule has 0 fully saturated rings. The van der Waals surface area contributed by atoms with E-state index in [0.29, 0.717) is 10.8 Å². The van der Waals surface area contributed by atoms with Gasteiger partial charge in [0.15, 0.2) is 5.11 Å². The molecule has 0 bridgehead atoms. The maximum atomic E-state index is 13.7. The second-order valence-corrected chi connectivity index (χ2v) is 5.94. The van der Waals surface area contributed by atoms with Crippen LogP contribution in [0.15, 0.2) is 60.7 Å². The maximum Gasteiger partial charge on any atom is 0.175 e. The van der Waals surface area contributed by atoms with Gasteiger partial charge in [-0.25, -0.2) is 4.39 Å². The minimum Gasteiger partial charge on any atom is -0.331 e. The average molecular weight is 339 g/mol. The molecule has 1 heterocycles. The standard InChI is InChI=1S/C19H18FN3S/c1-13-11-12-14(2)23(13)18-10-6-5-9-17(18)22-19(24)21-16-8-4-3-7-15(16)20/h3-12H,1-2H3,(H2,21,22,24). The van der Waals surface area contributed by atoms with Gasteiger partial charge in [0.25, 0.3) is 0 Å². The number of nitrogens with zero attached hydrogens (tertiary/aromatic N) is 1. The number of rotatable bonds is 3. The van der Waals surface area contributed by atoms with Crippen molar-refractivity contribution in [3.63, 3.8) is 0 Å². The summed E-state index contributed by atoms with van der Waals surface area (Å²) in [7, 11) is 0. The summed E-state index contributed by atoms with van der Waals surface area (Å²) in [5.74, 6) is -0.341. The van der Waals surface area contributed by atoms with Crippen molar-refractivity contribution in [1.82, 2.24) is 4.57 Å². The van der Waals surface area contributed by atoms with Gasteiger partial charge in [0, 0.05) is 11.4 Å². The number of para-hydroxylation sites is 3. The molecule has 3 rings (SSSR count). The second-order valence-electron chi connectivity index (χ2n) is 5.53. The average Bonchev–Trinajstić information content (AvgIpc) is 2.89. The van der Waals surface area contributed by atoms with Crippen molar-refractivity contribution < 1.29 is 4.39 Å². The predicted octanol–water partition coefficient (Wildman–Crippen LogP) is 5.04. The monoisotopic (exact) mass is 339 g/mol. The second kappa shape index (κ2) is 6.84. The van der Waals surface area contributed by atoms with Gasteiger partial charge >= 0.3 is 0 Å². The number of nitrogens with one attached hydrogen (secondary N) is 2.